The number of aromatic nitrogens is 10. The molecule has 0 fully saturated rings. The second-order valence-corrected chi connectivity index (χ2v) is 19.8. The number of hydrogen-bond donors (Lipinski definition) is 0. The molecule has 6 aromatic carbocycles. The molecule has 0 bridgehead atoms. The van der Waals surface area contributed by atoms with E-state index in [9.17, 15) is 0 Å². The van der Waals surface area contributed by atoms with Crippen LogP contribution in [0.5, 0.6) is 0 Å². The number of anilines is 6. The van der Waals surface area contributed by atoms with Crippen molar-refractivity contribution in [3.05, 3.63) is 231 Å². The molecule has 0 spiro atoms. The van der Waals surface area contributed by atoms with Crippen LogP contribution in [0.2, 0.25) is 0 Å². The zero-order valence-corrected chi connectivity index (χ0v) is 41.8. The van der Waals surface area contributed by atoms with Gasteiger partial charge in [0.25, 0.3) is 0 Å². The number of benzene rings is 6. The van der Waals surface area contributed by atoms with E-state index in [-0.39, 0.29) is 0 Å². The van der Waals surface area contributed by atoms with Gasteiger partial charge >= 0.3 is 0 Å². The smallest absolute Gasteiger partial charge is 0.182 e. The molecule has 0 saturated carbocycles. The van der Waals surface area contributed by atoms with Crippen LogP contribution < -0.4 is 9.80 Å². The fourth-order valence-electron chi connectivity index (χ4n) is 9.54. The van der Waals surface area contributed by atoms with Crippen molar-refractivity contribution in [2.75, 3.05) is 9.80 Å². The highest BCUT2D eigenvalue weighted by atomic mass is 32.2. The van der Waals surface area contributed by atoms with Crippen molar-refractivity contribution in [3.63, 3.8) is 0 Å². The van der Waals surface area contributed by atoms with E-state index >= 15 is 0 Å². The summed E-state index contributed by atoms with van der Waals surface area (Å²) in [5, 5.41) is 0. The second kappa shape index (κ2) is 19.3. The SMILES string of the molecule is c1ccc(-c2nc(-c3ccc(-c4ccc(-c5nc(-c6ccccn6)nc(-c6ccccn6)n5)cc4N4c5ccccc5Sc5ccccc54)c(N4c5ccccc5Sc5ccccc54)c3)nc(-c3ccccn3)n2)nc1. The first-order chi connectivity index (χ1) is 37.7. The maximum Gasteiger partial charge on any atom is 0.182 e. The number of nitrogens with zero attached hydrogens (tertiary/aromatic N) is 12. The minimum Gasteiger partial charge on any atom is -0.308 e. The zero-order chi connectivity index (χ0) is 50.4. The third kappa shape index (κ3) is 8.27. The first kappa shape index (κ1) is 44.9. The van der Waals surface area contributed by atoms with E-state index in [1.165, 1.54) is 0 Å². The van der Waals surface area contributed by atoms with Gasteiger partial charge in [0, 0.05) is 66.6 Å². The summed E-state index contributed by atoms with van der Waals surface area (Å²) in [4.78, 5) is 58.3. The number of rotatable bonds is 9. The van der Waals surface area contributed by atoms with Crippen LogP contribution in [0.25, 0.3) is 80.0 Å². The van der Waals surface area contributed by atoms with E-state index < -0.39 is 0 Å². The molecule has 0 N–H and O–H groups in total. The van der Waals surface area contributed by atoms with Gasteiger partial charge < -0.3 is 9.80 Å². The van der Waals surface area contributed by atoms with Crippen LogP contribution in [0.1, 0.15) is 0 Å². The Labute approximate surface area is 445 Å². The minimum atomic E-state index is 0.441. The van der Waals surface area contributed by atoms with Gasteiger partial charge in [-0.3, -0.25) is 19.9 Å². The van der Waals surface area contributed by atoms with Crippen LogP contribution in [0.3, 0.4) is 0 Å². The Bertz CT molecular complexity index is 3680. The molecular formula is C62H38N12S2. The van der Waals surface area contributed by atoms with Gasteiger partial charge in [0.1, 0.15) is 22.8 Å². The topological polar surface area (TPSA) is 135 Å². The summed E-state index contributed by atoms with van der Waals surface area (Å²) < 4.78 is 0. The highest BCUT2D eigenvalue weighted by Crippen LogP contribution is 2.57. The van der Waals surface area contributed by atoms with Crippen molar-refractivity contribution in [2.45, 2.75) is 19.6 Å². The largest absolute Gasteiger partial charge is 0.308 e. The molecule has 358 valence electrons. The Morgan fingerprint density at radius 2 is 0.526 bits per heavy atom. The van der Waals surface area contributed by atoms with Crippen LogP contribution in [0.15, 0.2) is 251 Å². The van der Waals surface area contributed by atoms with E-state index in [4.69, 9.17) is 29.9 Å². The predicted molar refractivity (Wildman–Crippen MR) is 300 cm³/mol. The number of fused-ring (bicyclic) bond motifs is 4. The molecule has 0 amide bonds. The highest BCUT2D eigenvalue weighted by molar-refractivity contribution is 8.00. The lowest BCUT2D eigenvalue weighted by atomic mass is 9.95. The van der Waals surface area contributed by atoms with Gasteiger partial charge in [-0.1, -0.05) is 121 Å². The third-order valence-corrected chi connectivity index (χ3v) is 15.3. The quantitative estimate of drug-likeness (QED) is 0.136. The van der Waals surface area contributed by atoms with Crippen LogP contribution in [-0.2, 0) is 0 Å². The first-order valence-electron chi connectivity index (χ1n) is 24.5. The molecule has 0 atom stereocenters. The molecule has 0 saturated heterocycles. The van der Waals surface area contributed by atoms with Crippen molar-refractivity contribution < 1.29 is 0 Å². The van der Waals surface area contributed by atoms with Gasteiger partial charge in [-0.15, -0.1) is 0 Å². The Hall–Kier alpha value is -9.76. The fraction of sp³-hybridized carbons (Fsp3) is 0. The molecule has 8 heterocycles. The van der Waals surface area contributed by atoms with Gasteiger partial charge in [-0.05, 0) is 109 Å². The molecule has 76 heavy (non-hydrogen) atoms. The third-order valence-electron chi connectivity index (χ3n) is 13.0. The standard InChI is InChI=1S/C62H38N12S2/c1-5-25-53-47(21-1)73(48-22-2-6-26-54(48)75-53)51-37-39(57-67-59(43-17-9-13-33-63-43)71-60(68-57)44-18-10-14-34-64-44)29-31-41(51)42-32-30-40(38-52(42)74-49-23-3-7-27-55(49)76-56-28-8-4-24-50(56)74)58-69-61(45-19-11-15-35-65-45)72-62(70-58)46-20-12-16-36-66-46/h1-38H. The second-order valence-electron chi connectivity index (χ2n) is 17.7. The predicted octanol–water partition coefficient (Wildman–Crippen LogP) is 15.2. The van der Waals surface area contributed by atoms with E-state index in [1.807, 2.05) is 72.8 Å². The van der Waals surface area contributed by atoms with Crippen molar-refractivity contribution >= 4 is 57.6 Å². The van der Waals surface area contributed by atoms with Gasteiger partial charge in [-0.2, -0.15) is 0 Å². The minimum absolute atomic E-state index is 0.441. The number of pyridine rings is 4. The van der Waals surface area contributed by atoms with Crippen LogP contribution in [0, 0.1) is 0 Å². The molecule has 2 aliphatic rings. The molecule has 12 aromatic rings. The maximum atomic E-state index is 5.15. The first-order valence-corrected chi connectivity index (χ1v) is 26.1. The van der Waals surface area contributed by atoms with Crippen molar-refractivity contribution in [2.24, 2.45) is 0 Å². The Morgan fingerprint density at radius 3 is 0.816 bits per heavy atom. The fourth-order valence-corrected chi connectivity index (χ4v) is 11.7. The Balaban J connectivity index is 1.05. The van der Waals surface area contributed by atoms with E-state index in [1.54, 1.807) is 48.3 Å². The summed E-state index contributed by atoms with van der Waals surface area (Å²) in [6.45, 7) is 0. The van der Waals surface area contributed by atoms with Crippen molar-refractivity contribution in [1.82, 2.24) is 49.8 Å². The molecule has 0 unspecified atom stereocenters. The lowest BCUT2D eigenvalue weighted by Crippen LogP contribution is -2.18. The molecule has 14 heteroatoms. The van der Waals surface area contributed by atoms with E-state index in [0.29, 0.717) is 57.7 Å². The van der Waals surface area contributed by atoms with Crippen molar-refractivity contribution in [3.8, 4) is 80.0 Å². The van der Waals surface area contributed by atoms with Gasteiger partial charge in [0.05, 0.1) is 34.1 Å². The molecule has 14 rings (SSSR count). The summed E-state index contributed by atoms with van der Waals surface area (Å²) in [7, 11) is 0. The average molecular weight is 1020 g/mol. The van der Waals surface area contributed by atoms with Gasteiger partial charge in [0.2, 0.25) is 0 Å². The summed E-state index contributed by atoms with van der Waals surface area (Å²) >= 11 is 3.53. The molecule has 0 aliphatic carbocycles. The lowest BCUT2D eigenvalue weighted by molar-refractivity contribution is 1.04. The number of para-hydroxylation sites is 4. The van der Waals surface area contributed by atoms with Crippen LogP contribution in [0.4, 0.5) is 34.1 Å². The van der Waals surface area contributed by atoms with Crippen LogP contribution >= 0.6 is 23.5 Å². The monoisotopic (exact) mass is 1010 g/mol. The lowest BCUT2D eigenvalue weighted by Gasteiger charge is -2.36. The van der Waals surface area contributed by atoms with E-state index in [2.05, 4.69) is 163 Å². The van der Waals surface area contributed by atoms with Gasteiger partial charge in [-0.25, -0.2) is 29.9 Å². The molecule has 6 aromatic heterocycles. The summed E-state index contributed by atoms with van der Waals surface area (Å²) in [5.74, 6) is 2.72. The van der Waals surface area contributed by atoms with Crippen LogP contribution in [-0.4, -0.2) is 49.8 Å². The highest BCUT2D eigenvalue weighted by Gasteiger charge is 2.32. The maximum absolute atomic E-state index is 5.15. The van der Waals surface area contributed by atoms with Crippen molar-refractivity contribution in [1.29, 1.82) is 0 Å². The molecule has 2 aliphatic heterocycles. The Morgan fingerprint density at radius 1 is 0.250 bits per heavy atom. The molecule has 12 nitrogen and oxygen atoms in total. The molecular weight excluding hydrogens is 977 g/mol. The normalized spacial score (nSPS) is 12.3. The summed E-state index contributed by atoms with van der Waals surface area (Å²) in [5.41, 5.74) is 12.0. The van der Waals surface area contributed by atoms with E-state index in [0.717, 1.165) is 76.0 Å². The number of hydrogen-bond acceptors (Lipinski definition) is 14. The Kier molecular flexibility index (Phi) is 11.4. The molecule has 0 radical (unpaired) electrons. The summed E-state index contributed by atoms with van der Waals surface area (Å²) in [6.07, 6.45) is 6.98. The zero-order valence-electron chi connectivity index (χ0n) is 40.1. The average Bonchev–Trinajstić information content (AvgIpc) is 3.58. The van der Waals surface area contributed by atoms with Gasteiger partial charge in [0.15, 0.2) is 34.9 Å². The summed E-state index contributed by atoms with van der Waals surface area (Å²) in [6, 6.07) is 70.1.